The van der Waals surface area contributed by atoms with E-state index in [1.165, 1.54) is 12.8 Å². The van der Waals surface area contributed by atoms with Crippen LogP contribution in [0.25, 0.3) is 11.6 Å². The Labute approximate surface area is 147 Å². The van der Waals surface area contributed by atoms with Crippen LogP contribution in [0.4, 0.5) is 0 Å². The lowest BCUT2D eigenvalue weighted by Gasteiger charge is -2.39. The number of carbonyl (C=O) groups is 1. The molecule has 4 rings (SSSR count). The van der Waals surface area contributed by atoms with E-state index in [1.807, 2.05) is 0 Å². The zero-order valence-corrected chi connectivity index (χ0v) is 15.0. The molecule has 2 aliphatic rings. The summed E-state index contributed by atoms with van der Waals surface area (Å²) in [5.74, 6) is 2.22. The van der Waals surface area contributed by atoms with E-state index in [1.54, 1.807) is 18.4 Å². The van der Waals surface area contributed by atoms with Gasteiger partial charge in [-0.3, -0.25) is 4.79 Å². The first-order valence-electron chi connectivity index (χ1n) is 9.06. The second kappa shape index (κ2) is 5.71. The van der Waals surface area contributed by atoms with Crippen LogP contribution in [0.5, 0.6) is 0 Å². The fraction of sp³-hybridized carbons (Fsp3) is 0.632. The molecule has 2 aliphatic carbocycles. The summed E-state index contributed by atoms with van der Waals surface area (Å²) in [6.45, 7) is 7.04. The lowest BCUT2D eigenvalue weighted by atomic mass is 9.69. The summed E-state index contributed by atoms with van der Waals surface area (Å²) in [7, 11) is 0. The molecule has 6 heteroatoms. The molecule has 1 N–H and O–H groups in total. The lowest BCUT2D eigenvalue weighted by Crippen LogP contribution is -2.46. The minimum absolute atomic E-state index is 0.0623. The molecular weight excluding hydrogens is 318 g/mol. The van der Waals surface area contributed by atoms with E-state index in [9.17, 15) is 4.79 Å². The van der Waals surface area contributed by atoms with Gasteiger partial charge in [0.05, 0.1) is 6.26 Å². The Bertz CT molecular complexity index is 765. The maximum absolute atomic E-state index is 12.4. The molecule has 2 bridgehead atoms. The van der Waals surface area contributed by atoms with Crippen LogP contribution in [0.15, 0.2) is 27.3 Å². The summed E-state index contributed by atoms with van der Waals surface area (Å²) >= 11 is 0. The highest BCUT2D eigenvalue weighted by Gasteiger charge is 2.61. The van der Waals surface area contributed by atoms with Crippen molar-refractivity contribution in [1.82, 2.24) is 15.5 Å². The van der Waals surface area contributed by atoms with Crippen molar-refractivity contribution in [2.45, 2.75) is 58.9 Å². The largest absolute Gasteiger partial charge is 0.461 e. The van der Waals surface area contributed by atoms with Gasteiger partial charge < -0.3 is 14.3 Å². The molecule has 25 heavy (non-hydrogen) atoms. The molecule has 2 fully saturated rings. The zero-order valence-electron chi connectivity index (χ0n) is 15.0. The van der Waals surface area contributed by atoms with Crippen LogP contribution in [0.1, 0.15) is 52.3 Å². The number of rotatable bonds is 5. The number of amides is 1. The van der Waals surface area contributed by atoms with Gasteiger partial charge >= 0.3 is 0 Å². The molecule has 3 atom stereocenters. The molecule has 6 nitrogen and oxygen atoms in total. The van der Waals surface area contributed by atoms with Gasteiger partial charge in [-0.1, -0.05) is 25.9 Å². The predicted molar refractivity (Wildman–Crippen MR) is 91.5 cm³/mol. The third kappa shape index (κ3) is 2.58. The molecule has 0 aromatic carbocycles. The fourth-order valence-corrected chi connectivity index (χ4v) is 4.77. The Morgan fingerprint density at radius 1 is 1.40 bits per heavy atom. The summed E-state index contributed by atoms with van der Waals surface area (Å²) in [6, 6.07) is 3.82. The zero-order chi connectivity index (χ0) is 17.7. The Morgan fingerprint density at radius 3 is 2.88 bits per heavy atom. The van der Waals surface area contributed by atoms with Crippen LogP contribution in [-0.2, 0) is 11.2 Å². The number of fused-ring (bicyclic) bond motifs is 2. The highest BCUT2D eigenvalue weighted by atomic mass is 16.5. The Balaban J connectivity index is 1.33. The topological polar surface area (TPSA) is 81.2 Å². The molecule has 2 aromatic rings. The Kier molecular flexibility index (Phi) is 3.74. The minimum atomic E-state index is 0.0623. The second-order valence-electron chi connectivity index (χ2n) is 8.22. The molecule has 134 valence electrons. The van der Waals surface area contributed by atoms with E-state index in [0.717, 1.165) is 12.3 Å². The predicted octanol–water partition coefficient (Wildman–Crippen LogP) is 3.59. The van der Waals surface area contributed by atoms with Crippen LogP contribution in [0.2, 0.25) is 0 Å². The Hall–Kier alpha value is -2.11. The fourth-order valence-electron chi connectivity index (χ4n) is 4.77. The van der Waals surface area contributed by atoms with E-state index in [-0.39, 0.29) is 17.4 Å². The van der Waals surface area contributed by atoms with Crippen LogP contribution < -0.4 is 5.32 Å². The van der Waals surface area contributed by atoms with Gasteiger partial charge in [0, 0.05) is 18.9 Å². The average molecular weight is 343 g/mol. The maximum Gasteiger partial charge on any atom is 0.238 e. The van der Waals surface area contributed by atoms with Gasteiger partial charge in [-0.05, 0) is 48.1 Å². The number of hydrogen-bond donors (Lipinski definition) is 1. The number of carbonyl (C=O) groups excluding carboxylic acids is 1. The van der Waals surface area contributed by atoms with Gasteiger partial charge in [-0.15, -0.1) is 0 Å². The van der Waals surface area contributed by atoms with Crippen molar-refractivity contribution in [3.05, 3.63) is 24.3 Å². The van der Waals surface area contributed by atoms with E-state index in [2.05, 4.69) is 36.2 Å². The summed E-state index contributed by atoms with van der Waals surface area (Å²) in [5.41, 5.74) is 0.500. The summed E-state index contributed by atoms with van der Waals surface area (Å²) in [6.07, 6.45) is 5.95. The molecule has 0 aliphatic heterocycles. The standard InChI is InChI=1S/C19H25N3O3/c1-18(2)12-8-9-19(18,3)14(11-12)20-15(23)6-7-16-21-17(22-25-16)13-5-4-10-24-13/h4-5,10,12,14H,6-9,11H2,1-3H3,(H,20,23). The van der Waals surface area contributed by atoms with Gasteiger partial charge in [0.25, 0.3) is 0 Å². The number of nitrogens with one attached hydrogen (secondary N) is 1. The molecule has 0 saturated heterocycles. The van der Waals surface area contributed by atoms with Crippen LogP contribution in [-0.4, -0.2) is 22.1 Å². The average Bonchev–Trinajstić information content (AvgIpc) is 3.31. The van der Waals surface area contributed by atoms with E-state index >= 15 is 0 Å². The quantitative estimate of drug-likeness (QED) is 0.897. The molecule has 2 heterocycles. The molecule has 0 radical (unpaired) electrons. The van der Waals surface area contributed by atoms with Crippen molar-refractivity contribution in [2.75, 3.05) is 0 Å². The van der Waals surface area contributed by atoms with Gasteiger partial charge in [0.15, 0.2) is 5.76 Å². The summed E-state index contributed by atoms with van der Waals surface area (Å²) < 4.78 is 10.5. The lowest BCUT2D eigenvalue weighted by molar-refractivity contribution is -0.122. The van der Waals surface area contributed by atoms with Crippen LogP contribution in [0, 0.1) is 16.7 Å². The second-order valence-corrected chi connectivity index (χ2v) is 8.22. The third-order valence-corrected chi connectivity index (χ3v) is 6.90. The van der Waals surface area contributed by atoms with Crippen molar-refractivity contribution in [1.29, 1.82) is 0 Å². The van der Waals surface area contributed by atoms with E-state index in [4.69, 9.17) is 8.94 Å². The van der Waals surface area contributed by atoms with Gasteiger partial charge in [-0.25, -0.2) is 0 Å². The van der Waals surface area contributed by atoms with Gasteiger partial charge in [0.2, 0.25) is 17.6 Å². The number of hydrogen-bond acceptors (Lipinski definition) is 5. The van der Waals surface area contributed by atoms with E-state index in [0.29, 0.717) is 35.7 Å². The minimum Gasteiger partial charge on any atom is -0.461 e. The number of aromatic nitrogens is 2. The van der Waals surface area contributed by atoms with Crippen molar-refractivity contribution in [3.8, 4) is 11.6 Å². The third-order valence-electron chi connectivity index (χ3n) is 6.90. The Morgan fingerprint density at radius 2 is 2.24 bits per heavy atom. The van der Waals surface area contributed by atoms with Crippen molar-refractivity contribution in [2.24, 2.45) is 16.7 Å². The first kappa shape index (κ1) is 16.4. The molecule has 2 saturated carbocycles. The van der Waals surface area contributed by atoms with Crippen molar-refractivity contribution < 1.29 is 13.7 Å². The molecule has 2 aromatic heterocycles. The molecular formula is C19H25N3O3. The smallest absolute Gasteiger partial charge is 0.238 e. The molecule has 3 unspecified atom stereocenters. The summed E-state index contributed by atoms with van der Waals surface area (Å²) in [4.78, 5) is 16.7. The number of nitrogens with zero attached hydrogens (tertiary/aromatic N) is 2. The maximum atomic E-state index is 12.4. The molecule has 0 spiro atoms. The highest BCUT2D eigenvalue weighted by Crippen LogP contribution is 2.65. The van der Waals surface area contributed by atoms with Crippen molar-refractivity contribution >= 4 is 5.91 Å². The normalized spacial score (nSPS) is 29.9. The first-order chi connectivity index (χ1) is 11.9. The van der Waals surface area contributed by atoms with Gasteiger partial charge in [0.1, 0.15) is 0 Å². The van der Waals surface area contributed by atoms with Crippen LogP contribution >= 0.6 is 0 Å². The number of furan rings is 1. The van der Waals surface area contributed by atoms with Crippen LogP contribution in [0.3, 0.4) is 0 Å². The van der Waals surface area contributed by atoms with Crippen molar-refractivity contribution in [3.63, 3.8) is 0 Å². The highest BCUT2D eigenvalue weighted by molar-refractivity contribution is 5.76. The molecule has 1 amide bonds. The van der Waals surface area contributed by atoms with Gasteiger partial charge in [-0.2, -0.15) is 4.98 Å². The summed E-state index contributed by atoms with van der Waals surface area (Å²) in [5, 5.41) is 7.15. The number of aryl methyl sites for hydroxylation is 1. The first-order valence-corrected chi connectivity index (χ1v) is 9.06. The van der Waals surface area contributed by atoms with E-state index < -0.39 is 0 Å². The monoisotopic (exact) mass is 343 g/mol. The SMILES string of the molecule is CC1(C)C2CCC1(C)C(NC(=O)CCc1nc(-c3ccco3)no1)C2.